The van der Waals surface area contributed by atoms with Crippen LogP contribution in [0.2, 0.25) is 5.02 Å². The van der Waals surface area contributed by atoms with E-state index in [1.807, 2.05) is 0 Å². The second-order valence-electron chi connectivity index (χ2n) is 3.53. The van der Waals surface area contributed by atoms with Crippen molar-refractivity contribution in [2.45, 2.75) is 13.3 Å². The number of hydrogen-bond acceptors (Lipinski definition) is 3. The molecule has 0 unspecified atom stereocenters. The number of carbonyl (C=O) groups excluding carboxylic acids is 1. The molecule has 4 heteroatoms. The van der Waals surface area contributed by atoms with Gasteiger partial charge >= 0.3 is 0 Å². The second kappa shape index (κ2) is 4.10. The van der Waals surface area contributed by atoms with E-state index in [4.69, 9.17) is 17.3 Å². The van der Waals surface area contributed by atoms with Crippen molar-refractivity contribution in [2.24, 2.45) is 0 Å². The summed E-state index contributed by atoms with van der Waals surface area (Å²) in [4.78, 5) is 16.0. The maximum Gasteiger partial charge on any atom is 0.165 e. The Kier molecular flexibility index (Phi) is 2.79. The van der Waals surface area contributed by atoms with Crippen molar-refractivity contribution in [2.75, 3.05) is 5.73 Å². The first-order valence-corrected chi connectivity index (χ1v) is 5.38. The van der Waals surface area contributed by atoms with Gasteiger partial charge in [-0.2, -0.15) is 0 Å². The summed E-state index contributed by atoms with van der Waals surface area (Å²) in [6.45, 7) is 1.80. The van der Waals surface area contributed by atoms with Crippen LogP contribution in [0.3, 0.4) is 0 Å². The number of Topliss-reactive ketones (excluding diaryl/α,β-unsaturated/α-hetero) is 1. The number of pyridine rings is 1. The Morgan fingerprint density at radius 3 is 2.94 bits per heavy atom. The number of carbonyl (C=O) groups is 1. The summed E-state index contributed by atoms with van der Waals surface area (Å²) < 4.78 is 0. The Morgan fingerprint density at radius 1 is 1.50 bits per heavy atom. The molecule has 0 spiro atoms. The van der Waals surface area contributed by atoms with Gasteiger partial charge in [0, 0.05) is 29.3 Å². The zero-order valence-electron chi connectivity index (χ0n) is 8.83. The summed E-state index contributed by atoms with van der Waals surface area (Å²) in [6, 6.07) is 5.21. The fourth-order valence-electron chi connectivity index (χ4n) is 1.68. The number of nitrogens with zero attached hydrogens (tertiary/aromatic N) is 1. The van der Waals surface area contributed by atoms with E-state index in [1.165, 1.54) is 0 Å². The fourth-order valence-corrected chi connectivity index (χ4v) is 1.84. The molecule has 0 amide bonds. The number of benzene rings is 1. The minimum absolute atomic E-state index is 0.00664. The maximum atomic E-state index is 11.8. The zero-order chi connectivity index (χ0) is 11.7. The number of nitrogens with two attached hydrogens (primary N) is 1. The van der Waals surface area contributed by atoms with E-state index in [-0.39, 0.29) is 5.78 Å². The number of fused-ring (bicyclic) bond motifs is 1. The second-order valence-corrected chi connectivity index (χ2v) is 3.96. The summed E-state index contributed by atoms with van der Waals surface area (Å²) in [5, 5.41) is 1.22. The normalized spacial score (nSPS) is 10.6. The fraction of sp³-hybridized carbons (Fsp3) is 0.167. The molecule has 0 saturated heterocycles. The van der Waals surface area contributed by atoms with Crippen LogP contribution in [0.4, 0.5) is 5.69 Å². The molecule has 2 rings (SSSR count). The first kappa shape index (κ1) is 10.9. The smallest absolute Gasteiger partial charge is 0.165 e. The van der Waals surface area contributed by atoms with Crippen LogP contribution in [0.15, 0.2) is 24.4 Å². The number of halogens is 1. The number of anilines is 1. The first-order chi connectivity index (χ1) is 7.63. The van der Waals surface area contributed by atoms with Crippen LogP contribution < -0.4 is 5.73 Å². The van der Waals surface area contributed by atoms with Crippen molar-refractivity contribution in [1.29, 1.82) is 0 Å². The van der Waals surface area contributed by atoms with Gasteiger partial charge in [0.2, 0.25) is 0 Å². The molecule has 2 aromatic rings. The lowest BCUT2D eigenvalue weighted by atomic mass is 10.0. The molecule has 0 fully saturated rings. The molecular weight excluding hydrogens is 224 g/mol. The van der Waals surface area contributed by atoms with E-state index in [0.29, 0.717) is 22.7 Å². The molecule has 1 aromatic heterocycles. The Hall–Kier alpha value is -1.61. The van der Waals surface area contributed by atoms with E-state index in [1.54, 1.807) is 31.3 Å². The van der Waals surface area contributed by atoms with Crippen molar-refractivity contribution in [3.8, 4) is 0 Å². The highest BCUT2D eigenvalue weighted by molar-refractivity contribution is 6.31. The molecule has 0 saturated carbocycles. The molecule has 82 valence electrons. The van der Waals surface area contributed by atoms with E-state index in [2.05, 4.69) is 4.98 Å². The van der Waals surface area contributed by atoms with Gasteiger partial charge in [0.15, 0.2) is 5.78 Å². The van der Waals surface area contributed by atoms with Gasteiger partial charge in [0.25, 0.3) is 0 Å². The van der Waals surface area contributed by atoms with Gasteiger partial charge < -0.3 is 5.73 Å². The summed E-state index contributed by atoms with van der Waals surface area (Å²) in [6.07, 6.45) is 1.97. The van der Waals surface area contributed by atoms with Crippen LogP contribution in [0.25, 0.3) is 10.9 Å². The van der Waals surface area contributed by atoms with Crippen LogP contribution in [0.5, 0.6) is 0 Å². The Balaban J connectivity index is 2.82. The predicted molar refractivity (Wildman–Crippen MR) is 65.8 cm³/mol. The molecule has 0 bridgehead atoms. The quantitative estimate of drug-likeness (QED) is 0.642. The molecule has 0 radical (unpaired) electrons. The minimum atomic E-state index is 0.00664. The number of hydrogen-bond donors (Lipinski definition) is 1. The van der Waals surface area contributed by atoms with Gasteiger partial charge in [-0.3, -0.25) is 9.78 Å². The molecule has 1 aromatic carbocycles. The largest absolute Gasteiger partial charge is 0.398 e. The van der Waals surface area contributed by atoms with Gasteiger partial charge in [-0.1, -0.05) is 18.5 Å². The summed E-state index contributed by atoms with van der Waals surface area (Å²) in [5.74, 6) is 0.00664. The van der Waals surface area contributed by atoms with Crippen LogP contribution in [-0.4, -0.2) is 10.8 Å². The third-order valence-electron chi connectivity index (χ3n) is 2.46. The number of rotatable bonds is 2. The van der Waals surface area contributed by atoms with Crippen molar-refractivity contribution >= 4 is 34.0 Å². The van der Waals surface area contributed by atoms with E-state index < -0.39 is 0 Å². The highest BCUT2D eigenvalue weighted by Gasteiger charge is 2.13. The molecule has 0 atom stereocenters. The van der Waals surface area contributed by atoms with Crippen molar-refractivity contribution in [1.82, 2.24) is 4.98 Å². The van der Waals surface area contributed by atoms with Gasteiger partial charge in [0.1, 0.15) is 0 Å². The van der Waals surface area contributed by atoms with Gasteiger partial charge in [-0.15, -0.1) is 0 Å². The molecule has 0 aliphatic heterocycles. The lowest BCUT2D eigenvalue weighted by molar-refractivity contribution is 0.0990. The zero-order valence-corrected chi connectivity index (χ0v) is 9.58. The van der Waals surface area contributed by atoms with Crippen molar-refractivity contribution < 1.29 is 4.79 Å². The van der Waals surface area contributed by atoms with Crippen LogP contribution in [0, 0.1) is 0 Å². The summed E-state index contributed by atoms with van der Waals surface area (Å²) >= 11 is 5.88. The van der Waals surface area contributed by atoms with Crippen LogP contribution in [0.1, 0.15) is 23.7 Å². The highest BCUT2D eigenvalue weighted by Crippen LogP contribution is 2.26. The topological polar surface area (TPSA) is 56.0 Å². The average molecular weight is 235 g/mol. The monoisotopic (exact) mass is 234 g/mol. The molecule has 16 heavy (non-hydrogen) atoms. The Morgan fingerprint density at radius 2 is 2.25 bits per heavy atom. The standard InChI is InChI=1S/C12H11ClN2O/c1-2-11(16)12-8-5-7(13)6-15-10(8)4-3-9(12)14/h3-6H,2,14H2,1H3. The third-order valence-corrected chi connectivity index (χ3v) is 2.67. The van der Waals surface area contributed by atoms with E-state index in [0.717, 1.165) is 10.9 Å². The Labute approximate surface area is 98.2 Å². The SMILES string of the molecule is CCC(=O)c1c(N)ccc2ncc(Cl)cc12. The summed E-state index contributed by atoms with van der Waals surface area (Å²) in [5.41, 5.74) is 7.55. The number of aromatic nitrogens is 1. The van der Waals surface area contributed by atoms with E-state index >= 15 is 0 Å². The number of ketones is 1. The first-order valence-electron chi connectivity index (χ1n) is 5.00. The maximum absolute atomic E-state index is 11.8. The summed E-state index contributed by atoms with van der Waals surface area (Å²) in [7, 11) is 0. The molecule has 1 heterocycles. The average Bonchev–Trinajstić information content (AvgIpc) is 2.28. The Bertz CT molecular complexity index is 561. The van der Waals surface area contributed by atoms with Gasteiger partial charge in [0.05, 0.1) is 10.5 Å². The highest BCUT2D eigenvalue weighted by atomic mass is 35.5. The van der Waals surface area contributed by atoms with Crippen LogP contribution >= 0.6 is 11.6 Å². The molecule has 0 aliphatic carbocycles. The number of nitrogen functional groups attached to an aromatic ring is 1. The predicted octanol–water partition coefficient (Wildman–Crippen LogP) is 3.06. The lowest BCUT2D eigenvalue weighted by Crippen LogP contribution is -2.03. The van der Waals surface area contributed by atoms with E-state index in [9.17, 15) is 4.79 Å². The van der Waals surface area contributed by atoms with Crippen LogP contribution in [-0.2, 0) is 0 Å². The molecule has 3 nitrogen and oxygen atoms in total. The third kappa shape index (κ3) is 1.74. The van der Waals surface area contributed by atoms with Crippen molar-refractivity contribution in [3.05, 3.63) is 35.0 Å². The van der Waals surface area contributed by atoms with Gasteiger partial charge in [-0.05, 0) is 18.2 Å². The van der Waals surface area contributed by atoms with Gasteiger partial charge in [-0.25, -0.2) is 0 Å². The van der Waals surface area contributed by atoms with Crippen molar-refractivity contribution in [3.63, 3.8) is 0 Å². The molecule has 0 aliphatic rings. The minimum Gasteiger partial charge on any atom is -0.398 e. The lowest BCUT2D eigenvalue weighted by Gasteiger charge is -2.07. The molecular formula is C12H11ClN2O. The molecule has 2 N–H and O–H groups in total.